The van der Waals surface area contributed by atoms with Gasteiger partial charge in [-0.15, -0.1) is 12.3 Å². The van der Waals surface area contributed by atoms with E-state index < -0.39 is 0 Å². The van der Waals surface area contributed by atoms with Gasteiger partial charge in [-0.25, -0.2) is 0 Å². The van der Waals surface area contributed by atoms with Crippen LogP contribution in [-0.4, -0.2) is 13.7 Å². The molecule has 0 heterocycles. The van der Waals surface area contributed by atoms with E-state index in [0.717, 1.165) is 31.7 Å². The molecule has 0 fully saturated rings. The number of fused-ring (bicyclic) bond motifs is 1. The summed E-state index contributed by atoms with van der Waals surface area (Å²) in [5.41, 5.74) is 1.21. The van der Waals surface area contributed by atoms with Crippen LogP contribution in [0.2, 0.25) is 0 Å². The lowest BCUT2D eigenvalue weighted by Gasteiger charge is -2.12. The fourth-order valence-corrected chi connectivity index (χ4v) is 2.22. The molecule has 2 rings (SSSR count). The minimum Gasteiger partial charge on any atom is -0.496 e. The molecule has 0 aliphatic heterocycles. The molecule has 0 radical (unpaired) electrons. The smallest absolute Gasteiger partial charge is 0.123 e. The average Bonchev–Trinajstić information content (AvgIpc) is 2.47. The maximum absolute atomic E-state index is 5.46. The van der Waals surface area contributed by atoms with Crippen LogP contribution in [0.4, 0.5) is 0 Å². The Bertz CT molecular complexity index is 583. The fourth-order valence-electron chi connectivity index (χ4n) is 2.22. The number of hydrogen-bond donors (Lipinski definition) is 1. The summed E-state index contributed by atoms with van der Waals surface area (Å²) in [6, 6.07) is 12.5. The van der Waals surface area contributed by atoms with Crippen LogP contribution in [0, 0.1) is 12.3 Å². The molecular formula is C17H19NO. The summed E-state index contributed by atoms with van der Waals surface area (Å²) in [6.07, 6.45) is 7.07. The summed E-state index contributed by atoms with van der Waals surface area (Å²) in [7, 11) is 1.71. The van der Waals surface area contributed by atoms with Gasteiger partial charge in [0.2, 0.25) is 0 Å². The van der Waals surface area contributed by atoms with Gasteiger partial charge in [-0.05, 0) is 29.8 Å². The molecule has 0 atom stereocenters. The van der Waals surface area contributed by atoms with E-state index in [-0.39, 0.29) is 0 Å². The highest BCUT2D eigenvalue weighted by atomic mass is 16.5. The Morgan fingerprint density at radius 1 is 1.21 bits per heavy atom. The van der Waals surface area contributed by atoms with Gasteiger partial charge in [0.05, 0.1) is 7.11 Å². The Morgan fingerprint density at radius 3 is 2.84 bits per heavy atom. The van der Waals surface area contributed by atoms with Gasteiger partial charge in [0, 0.05) is 18.5 Å². The number of terminal acetylenes is 1. The predicted molar refractivity (Wildman–Crippen MR) is 80.3 cm³/mol. The highest BCUT2D eigenvalue weighted by molar-refractivity contribution is 5.87. The van der Waals surface area contributed by atoms with E-state index in [9.17, 15) is 0 Å². The normalized spacial score (nSPS) is 10.3. The molecule has 0 saturated heterocycles. The standard InChI is InChI=1S/C17H19NO/c1-3-4-7-12-18-13-16-15-9-6-5-8-14(15)10-11-17(16)19-2/h1,5-6,8-11,18H,4,7,12-13H2,2H3. The second-order valence-corrected chi connectivity index (χ2v) is 4.45. The van der Waals surface area contributed by atoms with E-state index in [0.29, 0.717) is 0 Å². The van der Waals surface area contributed by atoms with E-state index in [1.807, 2.05) is 6.07 Å². The third-order valence-electron chi connectivity index (χ3n) is 3.19. The highest BCUT2D eigenvalue weighted by Gasteiger charge is 2.07. The average molecular weight is 253 g/mol. The van der Waals surface area contributed by atoms with Crippen molar-refractivity contribution in [3.63, 3.8) is 0 Å². The third kappa shape index (κ3) is 3.27. The molecule has 0 unspecified atom stereocenters. The van der Waals surface area contributed by atoms with Crippen LogP contribution in [0.1, 0.15) is 18.4 Å². The summed E-state index contributed by atoms with van der Waals surface area (Å²) in [5, 5.41) is 5.91. The molecule has 0 aliphatic carbocycles. The van der Waals surface area contributed by atoms with Crippen molar-refractivity contribution in [3.8, 4) is 18.1 Å². The summed E-state index contributed by atoms with van der Waals surface area (Å²) in [6.45, 7) is 1.73. The van der Waals surface area contributed by atoms with E-state index in [1.54, 1.807) is 7.11 Å². The molecule has 0 amide bonds. The Morgan fingerprint density at radius 2 is 2.05 bits per heavy atom. The first-order valence-corrected chi connectivity index (χ1v) is 6.55. The SMILES string of the molecule is C#CCCCNCc1c(OC)ccc2ccccc12. The van der Waals surface area contributed by atoms with Crippen LogP contribution >= 0.6 is 0 Å². The van der Waals surface area contributed by atoms with Gasteiger partial charge in [-0.2, -0.15) is 0 Å². The largest absolute Gasteiger partial charge is 0.496 e. The van der Waals surface area contributed by atoms with Gasteiger partial charge in [-0.3, -0.25) is 0 Å². The number of unbranched alkanes of at least 4 members (excludes halogenated alkanes) is 1. The molecule has 2 nitrogen and oxygen atoms in total. The van der Waals surface area contributed by atoms with E-state index >= 15 is 0 Å². The number of rotatable bonds is 6. The zero-order valence-electron chi connectivity index (χ0n) is 11.3. The van der Waals surface area contributed by atoms with Crippen LogP contribution in [0.5, 0.6) is 5.75 Å². The number of hydrogen-bond acceptors (Lipinski definition) is 2. The van der Waals surface area contributed by atoms with Crippen molar-refractivity contribution in [1.82, 2.24) is 5.32 Å². The summed E-state index contributed by atoms with van der Waals surface area (Å²) in [5.74, 6) is 3.59. The predicted octanol–water partition coefficient (Wildman–Crippen LogP) is 3.35. The number of ether oxygens (including phenoxy) is 1. The van der Waals surface area contributed by atoms with Crippen LogP contribution in [0.3, 0.4) is 0 Å². The van der Waals surface area contributed by atoms with Gasteiger partial charge >= 0.3 is 0 Å². The maximum Gasteiger partial charge on any atom is 0.123 e. The van der Waals surface area contributed by atoms with Gasteiger partial charge in [-0.1, -0.05) is 30.3 Å². The lowest BCUT2D eigenvalue weighted by atomic mass is 10.0. The number of benzene rings is 2. The van der Waals surface area contributed by atoms with Crippen molar-refractivity contribution in [2.75, 3.05) is 13.7 Å². The second kappa shape index (κ2) is 6.82. The van der Waals surface area contributed by atoms with Crippen molar-refractivity contribution < 1.29 is 4.74 Å². The highest BCUT2D eigenvalue weighted by Crippen LogP contribution is 2.27. The first-order valence-electron chi connectivity index (χ1n) is 6.55. The van der Waals surface area contributed by atoms with Crippen LogP contribution in [0.25, 0.3) is 10.8 Å². The molecule has 0 bridgehead atoms. The molecular weight excluding hydrogens is 234 g/mol. The Kier molecular flexibility index (Phi) is 4.83. The molecule has 2 aromatic carbocycles. The number of nitrogens with one attached hydrogen (secondary N) is 1. The molecule has 0 aliphatic rings. The van der Waals surface area contributed by atoms with Gasteiger partial charge in [0.25, 0.3) is 0 Å². The first-order chi connectivity index (χ1) is 9.36. The molecule has 0 saturated carbocycles. The van der Waals surface area contributed by atoms with Crippen molar-refractivity contribution in [2.24, 2.45) is 0 Å². The van der Waals surface area contributed by atoms with Crippen molar-refractivity contribution in [2.45, 2.75) is 19.4 Å². The van der Waals surface area contributed by atoms with Gasteiger partial charge in [0.15, 0.2) is 0 Å². The molecule has 0 aromatic heterocycles. The monoisotopic (exact) mass is 253 g/mol. The summed E-state index contributed by atoms with van der Waals surface area (Å²) >= 11 is 0. The second-order valence-electron chi connectivity index (χ2n) is 4.45. The Labute approximate surface area is 114 Å². The lowest BCUT2D eigenvalue weighted by Crippen LogP contribution is -2.15. The molecule has 1 N–H and O–H groups in total. The lowest BCUT2D eigenvalue weighted by molar-refractivity contribution is 0.408. The van der Waals surface area contributed by atoms with E-state index in [2.05, 4.69) is 41.6 Å². The van der Waals surface area contributed by atoms with E-state index in [1.165, 1.54) is 16.3 Å². The maximum atomic E-state index is 5.46. The molecule has 0 spiro atoms. The zero-order valence-corrected chi connectivity index (χ0v) is 11.3. The minimum absolute atomic E-state index is 0.801. The quantitative estimate of drug-likeness (QED) is 0.629. The zero-order chi connectivity index (χ0) is 13.5. The summed E-state index contributed by atoms with van der Waals surface area (Å²) in [4.78, 5) is 0. The van der Waals surface area contributed by atoms with Gasteiger partial charge < -0.3 is 10.1 Å². The van der Waals surface area contributed by atoms with Crippen LogP contribution < -0.4 is 10.1 Å². The van der Waals surface area contributed by atoms with Gasteiger partial charge in [0.1, 0.15) is 5.75 Å². The fraction of sp³-hybridized carbons (Fsp3) is 0.294. The van der Waals surface area contributed by atoms with Crippen LogP contribution in [0.15, 0.2) is 36.4 Å². The topological polar surface area (TPSA) is 21.3 Å². The molecule has 2 aromatic rings. The molecule has 98 valence electrons. The molecule has 2 heteroatoms. The molecule has 19 heavy (non-hydrogen) atoms. The Balaban J connectivity index is 2.17. The number of methoxy groups -OCH3 is 1. The van der Waals surface area contributed by atoms with Crippen molar-refractivity contribution in [3.05, 3.63) is 42.0 Å². The van der Waals surface area contributed by atoms with Crippen molar-refractivity contribution in [1.29, 1.82) is 0 Å². The van der Waals surface area contributed by atoms with Crippen LogP contribution in [-0.2, 0) is 6.54 Å². The summed E-state index contributed by atoms with van der Waals surface area (Å²) < 4.78 is 5.46. The minimum atomic E-state index is 0.801. The first kappa shape index (κ1) is 13.5. The van der Waals surface area contributed by atoms with E-state index in [4.69, 9.17) is 11.2 Å². The van der Waals surface area contributed by atoms with Crippen molar-refractivity contribution >= 4 is 10.8 Å². The third-order valence-corrected chi connectivity index (χ3v) is 3.19. The Hall–Kier alpha value is -1.98.